The molecule has 3 nitrogen and oxygen atoms in total. The summed E-state index contributed by atoms with van der Waals surface area (Å²) in [5.41, 5.74) is 0.754. The van der Waals surface area contributed by atoms with Crippen LogP contribution in [0.15, 0.2) is 29.9 Å². The van der Waals surface area contributed by atoms with E-state index in [1.807, 2.05) is 24.2 Å². The molecule has 0 heterocycles. The maximum absolute atomic E-state index is 10.9. The summed E-state index contributed by atoms with van der Waals surface area (Å²) in [6, 6.07) is 0. The second kappa shape index (κ2) is 16.8. The van der Waals surface area contributed by atoms with Crippen molar-refractivity contribution in [2.45, 2.75) is 77.6 Å². The van der Waals surface area contributed by atoms with E-state index in [1.54, 1.807) is 0 Å². The second-order valence-electron chi connectivity index (χ2n) is 5.75. The highest BCUT2D eigenvalue weighted by atomic mass is 16.5. The molecule has 0 aromatic rings. The van der Waals surface area contributed by atoms with Gasteiger partial charge in [-0.15, -0.1) is 0 Å². The van der Waals surface area contributed by atoms with Gasteiger partial charge in [0.15, 0.2) is 0 Å². The molecule has 0 amide bonds. The summed E-state index contributed by atoms with van der Waals surface area (Å²) < 4.78 is 4.59. The van der Waals surface area contributed by atoms with Crippen molar-refractivity contribution in [3.8, 4) is 0 Å². The summed E-state index contributed by atoms with van der Waals surface area (Å²) in [5, 5.41) is 0. The van der Waals surface area contributed by atoms with Crippen LogP contribution in [-0.2, 0) is 14.3 Å². The molecule has 0 aromatic carbocycles. The van der Waals surface area contributed by atoms with Gasteiger partial charge < -0.3 is 4.74 Å². The molecule has 23 heavy (non-hydrogen) atoms. The van der Waals surface area contributed by atoms with Crippen molar-refractivity contribution in [2.75, 3.05) is 7.11 Å². The zero-order valence-electron chi connectivity index (χ0n) is 14.8. The standard InChI is InChI=1S/C20H32O3/c1-3-4-5-9-12-15-19(18-21)16-13-10-7-6-8-11-14-17-20(22)23-2/h7,10,13,16H,3-6,8-9,11-12,14-15,17H2,1-2H3/b10-7+,16-13+. The van der Waals surface area contributed by atoms with Crippen LogP contribution in [0.5, 0.6) is 0 Å². The minimum atomic E-state index is -0.133. The number of unbranched alkanes of at least 4 members (excludes halogenated alkanes) is 7. The summed E-state index contributed by atoms with van der Waals surface area (Å²) in [5.74, 6) is 1.90. The van der Waals surface area contributed by atoms with E-state index in [4.69, 9.17) is 0 Å². The molecular formula is C20H32O3. The van der Waals surface area contributed by atoms with Crippen LogP contribution in [-0.4, -0.2) is 19.0 Å². The van der Waals surface area contributed by atoms with E-state index in [0.717, 1.165) is 44.1 Å². The van der Waals surface area contributed by atoms with E-state index in [1.165, 1.54) is 32.8 Å². The summed E-state index contributed by atoms with van der Waals surface area (Å²) in [6.45, 7) is 2.20. The number of carbonyl (C=O) groups excluding carboxylic acids is 2. The molecule has 0 atom stereocenters. The average molecular weight is 320 g/mol. The minimum Gasteiger partial charge on any atom is -0.469 e. The fraction of sp³-hybridized carbons (Fsp3) is 0.650. The Balaban J connectivity index is 3.68. The molecule has 0 fully saturated rings. The van der Waals surface area contributed by atoms with Gasteiger partial charge in [0.25, 0.3) is 0 Å². The SMILES string of the molecule is CCCCCCCC(=C=O)/C=C/C=C/CCCCCC(=O)OC. The molecule has 130 valence electrons. The third kappa shape index (κ3) is 15.1. The van der Waals surface area contributed by atoms with Gasteiger partial charge in [0.1, 0.15) is 5.94 Å². The van der Waals surface area contributed by atoms with Crippen LogP contribution in [0.25, 0.3) is 0 Å². The highest BCUT2D eigenvalue weighted by Gasteiger charge is 1.98. The van der Waals surface area contributed by atoms with E-state index in [-0.39, 0.29) is 5.97 Å². The van der Waals surface area contributed by atoms with Gasteiger partial charge in [0.05, 0.1) is 7.11 Å². The van der Waals surface area contributed by atoms with Gasteiger partial charge in [0.2, 0.25) is 0 Å². The number of esters is 1. The van der Waals surface area contributed by atoms with Crippen LogP contribution < -0.4 is 0 Å². The van der Waals surface area contributed by atoms with Gasteiger partial charge in [-0.2, -0.15) is 0 Å². The Kier molecular flexibility index (Phi) is 15.6. The van der Waals surface area contributed by atoms with E-state index < -0.39 is 0 Å². The Hall–Kier alpha value is -1.60. The van der Waals surface area contributed by atoms with Crippen LogP contribution in [0.3, 0.4) is 0 Å². The molecule has 0 radical (unpaired) electrons. The first kappa shape index (κ1) is 21.4. The third-order valence-electron chi connectivity index (χ3n) is 3.70. The van der Waals surface area contributed by atoms with Crippen molar-refractivity contribution < 1.29 is 14.3 Å². The molecule has 0 bridgehead atoms. The first-order chi connectivity index (χ1) is 11.2. The summed E-state index contributed by atoms with van der Waals surface area (Å²) >= 11 is 0. The van der Waals surface area contributed by atoms with Crippen LogP contribution in [0, 0.1) is 0 Å². The number of rotatable bonds is 14. The molecule has 3 heteroatoms. The Bertz CT molecular complexity index is 401. The van der Waals surface area contributed by atoms with Crippen molar-refractivity contribution in [1.29, 1.82) is 0 Å². The Morgan fingerprint density at radius 2 is 1.65 bits per heavy atom. The summed E-state index contributed by atoms with van der Waals surface area (Å²) in [7, 11) is 1.42. The molecule has 0 aliphatic carbocycles. The van der Waals surface area contributed by atoms with E-state index >= 15 is 0 Å². The van der Waals surface area contributed by atoms with Crippen LogP contribution in [0.2, 0.25) is 0 Å². The lowest BCUT2D eigenvalue weighted by Crippen LogP contribution is -1.98. The van der Waals surface area contributed by atoms with Crippen molar-refractivity contribution in [3.05, 3.63) is 29.9 Å². The van der Waals surface area contributed by atoms with Crippen LogP contribution in [0.4, 0.5) is 0 Å². The molecule has 0 aromatic heterocycles. The smallest absolute Gasteiger partial charge is 0.305 e. The summed E-state index contributed by atoms with van der Waals surface area (Å²) in [6.07, 6.45) is 19.2. The summed E-state index contributed by atoms with van der Waals surface area (Å²) in [4.78, 5) is 21.8. The fourth-order valence-corrected chi connectivity index (χ4v) is 2.24. The number of carbonyl (C=O) groups is 1. The first-order valence-electron chi connectivity index (χ1n) is 8.88. The van der Waals surface area contributed by atoms with Gasteiger partial charge in [0, 0.05) is 12.0 Å². The van der Waals surface area contributed by atoms with E-state index in [9.17, 15) is 9.59 Å². The topological polar surface area (TPSA) is 43.4 Å². The lowest BCUT2D eigenvalue weighted by molar-refractivity contribution is -0.140. The van der Waals surface area contributed by atoms with Gasteiger partial charge in [-0.25, -0.2) is 4.79 Å². The molecule has 0 rings (SSSR count). The first-order valence-corrected chi connectivity index (χ1v) is 8.88. The Labute approximate surface area is 141 Å². The van der Waals surface area contributed by atoms with E-state index in [0.29, 0.717) is 6.42 Å². The van der Waals surface area contributed by atoms with Gasteiger partial charge in [-0.05, 0) is 38.2 Å². The largest absolute Gasteiger partial charge is 0.469 e. The van der Waals surface area contributed by atoms with E-state index in [2.05, 4.69) is 17.7 Å². The van der Waals surface area contributed by atoms with Crippen molar-refractivity contribution >= 4 is 11.9 Å². The van der Waals surface area contributed by atoms with Crippen LogP contribution in [0.1, 0.15) is 77.6 Å². The lowest BCUT2D eigenvalue weighted by atomic mass is 10.1. The normalized spacial score (nSPS) is 11.0. The number of methoxy groups -OCH3 is 1. The predicted octanol–water partition coefficient (Wildman–Crippen LogP) is 5.34. The highest BCUT2D eigenvalue weighted by Crippen LogP contribution is 2.10. The fourth-order valence-electron chi connectivity index (χ4n) is 2.24. The molecular weight excluding hydrogens is 288 g/mol. The van der Waals surface area contributed by atoms with Gasteiger partial charge >= 0.3 is 5.97 Å². The zero-order valence-corrected chi connectivity index (χ0v) is 14.8. The Morgan fingerprint density at radius 3 is 2.35 bits per heavy atom. The molecule has 0 N–H and O–H groups in total. The van der Waals surface area contributed by atoms with Crippen molar-refractivity contribution in [3.63, 3.8) is 0 Å². The maximum atomic E-state index is 10.9. The Morgan fingerprint density at radius 1 is 0.957 bits per heavy atom. The number of allylic oxidation sites excluding steroid dienone is 5. The number of hydrogen-bond donors (Lipinski definition) is 0. The van der Waals surface area contributed by atoms with Crippen molar-refractivity contribution in [1.82, 2.24) is 0 Å². The quantitative estimate of drug-likeness (QED) is 0.188. The number of ether oxygens (including phenoxy) is 1. The molecule has 0 saturated carbocycles. The van der Waals surface area contributed by atoms with Crippen molar-refractivity contribution in [2.24, 2.45) is 0 Å². The molecule has 0 aliphatic rings. The van der Waals surface area contributed by atoms with Gasteiger partial charge in [-0.1, -0.05) is 57.3 Å². The molecule has 0 aliphatic heterocycles. The lowest BCUT2D eigenvalue weighted by Gasteiger charge is -1.98. The minimum absolute atomic E-state index is 0.133. The van der Waals surface area contributed by atoms with Gasteiger partial charge in [-0.3, -0.25) is 4.79 Å². The number of hydrogen-bond acceptors (Lipinski definition) is 3. The molecule has 0 spiro atoms. The average Bonchev–Trinajstić information content (AvgIpc) is 2.57. The maximum Gasteiger partial charge on any atom is 0.305 e. The monoisotopic (exact) mass is 320 g/mol. The second-order valence-corrected chi connectivity index (χ2v) is 5.75. The molecule has 0 saturated heterocycles. The zero-order chi connectivity index (χ0) is 17.2. The molecule has 0 unspecified atom stereocenters. The third-order valence-corrected chi connectivity index (χ3v) is 3.70. The van der Waals surface area contributed by atoms with Crippen LogP contribution >= 0.6 is 0 Å². The highest BCUT2D eigenvalue weighted by molar-refractivity contribution is 5.68. The predicted molar refractivity (Wildman–Crippen MR) is 96.0 cm³/mol.